The second-order valence-corrected chi connectivity index (χ2v) is 15.9. The predicted octanol–water partition coefficient (Wildman–Crippen LogP) is 13.8. The predicted molar refractivity (Wildman–Crippen MR) is 233 cm³/mol. The maximum absolute atomic E-state index is 7.23. The summed E-state index contributed by atoms with van der Waals surface area (Å²) in [5.41, 5.74) is 13.6. The van der Waals surface area contributed by atoms with Gasteiger partial charge < -0.3 is 9.55 Å². The van der Waals surface area contributed by atoms with E-state index in [0.29, 0.717) is 0 Å². The Morgan fingerprint density at radius 2 is 1.41 bits per heavy atom. The van der Waals surface area contributed by atoms with E-state index >= 15 is 0 Å². The smallest absolute Gasteiger partial charge is 0.0774 e. The summed E-state index contributed by atoms with van der Waals surface area (Å²) in [5.74, 6) is 0.925. The first-order chi connectivity index (χ1) is 27.9. The van der Waals surface area contributed by atoms with Gasteiger partial charge in [-0.1, -0.05) is 139 Å². The number of fused-ring (bicyclic) bond motifs is 2. The minimum Gasteiger partial charge on any atom is -0.332 e. The Bertz CT molecular complexity index is 2760. The number of aryl methyl sites for hydroxylation is 2. The van der Waals surface area contributed by atoms with Crippen molar-refractivity contribution in [2.45, 2.75) is 41.0 Å². The van der Waals surface area contributed by atoms with Crippen LogP contribution in [0.5, 0.6) is 0 Å². The van der Waals surface area contributed by atoms with E-state index in [1.54, 1.807) is 29.5 Å². The van der Waals surface area contributed by atoms with Gasteiger partial charge >= 0.3 is 0 Å². The normalized spacial score (nSPS) is 12.2. The number of aromatic nitrogens is 3. The Balaban J connectivity index is 0.000000262. The SMILES string of the molecule is Cc1cc(-c2ccccc2)c(-n2c(-c3[c-]sc4ccc(CC(C)(C)C)cc34)nc3ccccc32)c(-c2ccccc2)c1.[2H]C([2H])([2H])c1ccc(-c2[c-]cccc2)nc1.[Ir]. The molecule has 0 bridgehead atoms. The first kappa shape index (κ1) is 35.0. The summed E-state index contributed by atoms with van der Waals surface area (Å²) < 4.78 is 25.3. The summed E-state index contributed by atoms with van der Waals surface area (Å²) in [7, 11) is 0. The fourth-order valence-corrected chi connectivity index (χ4v) is 7.95. The molecule has 0 fully saturated rings. The Hall–Kier alpha value is -5.45. The van der Waals surface area contributed by atoms with Crippen molar-refractivity contribution in [1.29, 1.82) is 0 Å². The van der Waals surface area contributed by atoms with Gasteiger partial charge in [-0.2, -0.15) is 0 Å². The first-order valence-electron chi connectivity index (χ1n) is 20.0. The zero-order valence-corrected chi connectivity index (χ0v) is 35.0. The zero-order valence-electron chi connectivity index (χ0n) is 34.8. The molecule has 0 amide bonds. The summed E-state index contributed by atoms with van der Waals surface area (Å²) in [6, 6.07) is 55.2. The number of benzene rings is 6. The molecule has 0 atom stereocenters. The van der Waals surface area contributed by atoms with Gasteiger partial charge in [-0.25, -0.2) is 0 Å². The van der Waals surface area contributed by atoms with Gasteiger partial charge in [0.2, 0.25) is 0 Å². The summed E-state index contributed by atoms with van der Waals surface area (Å²) in [6.07, 6.45) is 2.41. The van der Waals surface area contributed by atoms with Crippen LogP contribution in [0, 0.1) is 30.6 Å². The molecule has 3 heterocycles. The molecular formula is C51H43IrN3S-2. The fourth-order valence-electron chi connectivity index (χ4n) is 7.13. The van der Waals surface area contributed by atoms with Crippen LogP contribution in [0.4, 0.5) is 0 Å². The second-order valence-electron chi connectivity index (χ2n) is 15.1. The monoisotopic (exact) mass is 925 g/mol. The maximum Gasteiger partial charge on any atom is 0.0774 e. The standard InChI is InChI=1S/C39H33N2S.C12H10N.Ir/c1-26-21-30(28-13-7-5-8-14-28)37(31(22-26)29-15-9-6-10-16-29)41-35-18-12-11-17-34(35)40-38(41)33-25-42-36-20-19-27(23-32(33)36)24-39(2,3)4;1-10-7-8-12(13-9-10)11-5-3-2-4-6-11;/h5-23H,24H2,1-4H3;2-5,7-9H,1H3;/q2*-1;/i;1D3;. The molecule has 1 radical (unpaired) electrons. The van der Waals surface area contributed by atoms with E-state index in [4.69, 9.17) is 9.10 Å². The molecule has 0 spiro atoms. The van der Waals surface area contributed by atoms with Crippen LogP contribution in [0.15, 0.2) is 158 Å². The fraction of sp³-hybridized carbons (Fsp3) is 0.137. The summed E-state index contributed by atoms with van der Waals surface area (Å²) in [4.78, 5) is 9.44. The van der Waals surface area contributed by atoms with Gasteiger partial charge in [0.25, 0.3) is 0 Å². The molecule has 0 aliphatic carbocycles. The molecule has 279 valence electrons. The zero-order chi connectivity index (χ0) is 40.4. The average molecular weight is 925 g/mol. The van der Waals surface area contributed by atoms with E-state index in [9.17, 15) is 0 Å². The molecule has 9 rings (SSSR count). The van der Waals surface area contributed by atoms with Crippen LogP contribution in [0.1, 0.15) is 41.6 Å². The van der Waals surface area contributed by atoms with Crippen molar-refractivity contribution in [3.8, 4) is 50.6 Å². The largest absolute Gasteiger partial charge is 0.332 e. The molecule has 3 aromatic heterocycles. The third-order valence-corrected chi connectivity index (χ3v) is 10.4. The minimum absolute atomic E-state index is 0. The van der Waals surface area contributed by atoms with Gasteiger partial charge in [-0.3, -0.25) is 16.3 Å². The van der Waals surface area contributed by atoms with Crippen molar-refractivity contribution < 1.29 is 24.2 Å². The number of pyridine rings is 1. The molecular weight excluding hydrogens is 879 g/mol. The van der Waals surface area contributed by atoms with Crippen molar-refractivity contribution in [3.63, 3.8) is 0 Å². The van der Waals surface area contributed by atoms with E-state index in [2.05, 4.69) is 164 Å². The van der Waals surface area contributed by atoms with Crippen LogP contribution in [-0.2, 0) is 26.5 Å². The Morgan fingerprint density at radius 3 is 2.04 bits per heavy atom. The van der Waals surface area contributed by atoms with Crippen LogP contribution < -0.4 is 0 Å². The van der Waals surface area contributed by atoms with Crippen molar-refractivity contribution >= 4 is 32.5 Å². The average Bonchev–Trinajstić information content (AvgIpc) is 3.82. The molecule has 0 saturated heterocycles. The van der Waals surface area contributed by atoms with Gasteiger partial charge in [0.05, 0.1) is 22.5 Å². The number of imidazole rings is 1. The number of para-hydroxylation sites is 2. The van der Waals surface area contributed by atoms with Gasteiger partial charge in [0, 0.05) is 41.5 Å². The van der Waals surface area contributed by atoms with E-state index in [0.717, 1.165) is 45.8 Å². The van der Waals surface area contributed by atoms with Crippen molar-refractivity contribution in [3.05, 3.63) is 186 Å². The van der Waals surface area contributed by atoms with E-state index in [-0.39, 0.29) is 31.1 Å². The van der Waals surface area contributed by atoms with Gasteiger partial charge in [0.15, 0.2) is 0 Å². The van der Waals surface area contributed by atoms with Crippen LogP contribution in [0.2, 0.25) is 0 Å². The van der Waals surface area contributed by atoms with Crippen LogP contribution >= 0.6 is 11.3 Å². The molecule has 5 heteroatoms. The second kappa shape index (κ2) is 16.7. The molecule has 3 nitrogen and oxygen atoms in total. The number of hydrogen-bond acceptors (Lipinski definition) is 3. The molecule has 0 saturated carbocycles. The molecule has 9 aromatic rings. The number of nitrogens with zero attached hydrogens (tertiary/aromatic N) is 3. The van der Waals surface area contributed by atoms with Gasteiger partial charge in [0.1, 0.15) is 0 Å². The van der Waals surface area contributed by atoms with Crippen LogP contribution in [0.25, 0.3) is 71.7 Å². The molecule has 0 unspecified atom stereocenters. The summed E-state index contributed by atoms with van der Waals surface area (Å²) >= 11 is 1.67. The summed E-state index contributed by atoms with van der Waals surface area (Å²) in [5, 5.41) is 4.90. The van der Waals surface area contributed by atoms with Gasteiger partial charge in [-0.15, -0.1) is 47.3 Å². The molecule has 6 aromatic carbocycles. The van der Waals surface area contributed by atoms with E-state index < -0.39 is 6.85 Å². The third-order valence-electron chi connectivity index (χ3n) is 9.49. The molecule has 0 aliphatic rings. The van der Waals surface area contributed by atoms with Gasteiger partial charge in [-0.05, 0) is 77.8 Å². The third kappa shape index (κ3) is 8.37. The van der Waals surface area contributed by atoms with Crippen molar-refractivity contribution in [2.24, 2.45) is 5.41 Å². The number of rotatable bonds is 6. The summed E-state index contributed by atoms with van der Waals surface area (Å²) in [6.45, 7) is 6.99. The number of hydrogen-bond donors (Lipinski definition) is 0. The van der Waals surface area contributed by atoms with Crippen LogP contribution in [0.3, 0.4) is 0 Å². The minimum atomic E-state index is -2.09. The Morgan fingerprint density at radius 1 is 0.732 bits per heavy atom. The first-order valence-corrected chi connectivity index (χ1v) is 19.3. The quantitative estimate of drug-likeness (QED) is 0.156. The van der Waals surface area contributed by atoms with Crippen molar-refractivity contribution in [1.82, 2.24) is 14.5 Å². The van der Waals surface area contributed by atoms with Crippen LogP contribution in [-0.4, -0.2) is 14.5 Å². The Kier molecular flexibility index (Phi) is 10.5. The molecule has 0 aliphatic heterocycles. The molecule has 56 heavy (non-hydrogen) atoms. The van der Waals surface area contributed by atoms with E-state index in [1.807, 2.05) is 18.2 Å². The Labute approximate surface area is 352 Å². The topological polar surface area (TPSA) is 30.7 Å². The number of thiophene rings is 1. The maximum atomic E-state index is 7.23. The van der Waals surface area contributed by atoms with Crippen molar-refractivity contribution in [2.75, 3.05) is 0 Å². The molecule has 0 N–H and O–H groups in total. The van der Waals surface area contributed by atoms with E-state index in [1.165, 1.54) is 49.7 Å².